The van der Waals surface area contributed by atoms with E-state index in [2.05, 4.69) is 0 Å². The molecule has 0 radical (unpaired) electrons. The predicted octanol–water partition coefficient (Wildman–Crippen LogP) is 2.31. The number of hydrogen-bond acceptors (Lipinski definition) is 2. The summed E-state index contributed by atoms with van der Waals surface area (Å²) in [6.07, 6.45) is 1.35. The van der Waals surface area contributed by atoms with Crippen LogP contribution in [0.1, 0.15) is 17.5 Å². The van der Waals surface area contributed by atoms with Crippen molar-refractivity contribution in [3.8, 4) is 0 Å². The van der Waals surface area contributed by atoms with Crippen molar-refractivity contribution >= 4 is 9.84 Å². The lowest BCUT2D eigenvalue weighted by atomic mass is 10.1. The van der Waals surface area contributed by atoms with Gasteiger partial charge in [0.25, 0.3) is 0 Å². The lowest BCUT2D eigenvalue weighted by molar-refractivity contribution is 0.234. The van der Waals surface area contributed by atoms with E-state index in [0.29, 0.717) is 19.3 Å². The van der Waals surface area contributed by atoms with Crippen LogP contribution in [0.2, 0.25) is 0 Å². The zero-order valence-corrected chi connectivity index (χ0v) is 9.03. The lowest BCUT2D eigenvalue weighted by Gasteiger charge is -2.09. The minimum Gasteiger partial charge on any atom is -0.218 e. The fourth-order valence-electron chi connectivity index (χ4n) is 1.99. The van der Waals surface area contributed by atoms with Gasteiger partial charge in [0, 0.05) is 0 Å². The summed E-state index contributed by atoms with van der Waals surface area (Å²) in [5.41, 5.74) is 0.488. The van der Waals surface area contributed by atoms with Gasteiger partial charge in [-0.15, -0.1) is 0 Å². The van der Waals surface area contributed by atoms with Gasteiger partial charge in [0.2, 0.25) is 9.84 Å². The maximum Gasteiger partial charge on any atom is 0.341 e. The van der Waals surface area contributed by atoms with Crippen molar-refractivity contribution in [2.24, 2.45) is 0 Å². The topological polar surface area (TPSA) is 34.1 Å². The molecule has 0 amide bonds. The van der Waals surface area contributed by atoms with Gasteiger partial charge in [-0.25, -0.2) is 12.8 Å². The minimum atomic E-state index is -4.62. The fourth-order valence-corrected chi connectivity index (χ4v) is 3.01. The molecule has 0 bridgehead atoms. The molecule has 0 aliphatic heterocycles. The Balaban J connectivity index is 2.65. The van der Waals surface area contributed by atoms with E-state index in [0.717, 1.165) is 12.1 Å². The first-order chi connectivity index (χ1) is 7.44. The normalized spacial score (nSPS) is 15.5. The molecule has 1 aromatic rings. The van der Waals surface area contributed by atoms with Crippen molar-refractivity contribution in [1.82, 2.24) is 0 Å². The van der Waals surface area contributed by atoms with Crippen molar-refractivity contribution in [3.63, 3.8) is 0 Å². The van der Waals surface area contributed by atoms with Crippen molar-refractivity contribution < 1.29 is 21.6 Å². The van der Waals surface area contributed by atoms with Gasteiger partial charge in [0.05, 0.1) is 4.90 Å². The number of halogens is 3. The highest BCUT2D eigenvalue weighted by atomic mass is 32.2. The Kier molecular flexibility index (Phi) is 2.69. The highest BCUT2D eigenvalue weighted by molar-refractivity contribution is 7.91. The average Bonchev–Trinajstić information content (AvgIpc) is 2.66. The summed E-state index contributed by atoms with van der Waals surface area (Å²) >= 11 is 0. The summed E-state index contributed by atoms with van der Waals surface area (Å²) in [6.45, 7) is 0. The molecule has 6 heteroatoms. The highest BCUT2D eigenvalue weighted by Crippen LogP contribution is 2.32. The van der Waals surface area contributed by atoms with Gasteiger partial charge in [-0.1, -0.05) is 0 Å². The standard InChI is InChI=1S/C10H9F3O2S/c11-8-4-5-9(16(14,15)10(12)13)7-3-1-2-6(7)8/h4-5,10H,1-3H2. The maximum atomic E-state index is 13.3. The van der Waals surface area contributed by atoms with E-state index >= 15 is 0 Å². The Morgan fingerprint density at radius 2 is 1.75 bits per heavy atom. The van der Waals surface area contributed by atoms with Crippen LogP contribution in [0, 0.1) is 5.82 Å². The third-order valence-electron chi connectivity index (χ3n) is 2.73. The molecule has 0 saturated heterocycles. The summed E-state index contributed by atoms with van der Waals surface area (Å²) in [6, 6.07) is 1.88. The Morgan fingerprint density at radius 1 is 1.12 bits per heavy atom. The molecule has 0 atom stereocenters. The van der Waals surface area contributed by atoms with E-state index < -0.39 is 26.3 Å². The second-order valence-electron chi connectivity index (χ2n) is 3.66. The number of benzene rings is 1. The second kappa shape index (κ2) is 3.76. The fraction of sp³-hybridized carbons (Fsp3) is 0.400. The monoisotopic (exact) mass is 250 g/mol. The molecule has 0 spiro atoms. The molecule has 1 aliphatic carbocycles. The van der Waals surface area contributed by atoms with E-state index in [9.17, 15) is 21.6 Å². The summed E-state index contributed by atoms with van der Waals surface area (Å²) in [5, 5.41) is 0. The van der Waals surface area contributed by atoms with Gasteiger partial charge in [-0.3, -0.25) is 0 Å². The summed E-state index contributed by atoms with van der Waals surface area (Å²) in [7, 11) is -4.62. The van der Waals surface area contributed by atoms with Gasteiger partial charge in [-0.2, -0.15) is 8.78 Å². The first-order valence-corrected chi connectivity index (χ1v) is 6.31. The van der Waals surface area contributed by atoms with Crippen LogP contribution in [0.15, 0.2) is 17.0 Å². The van der Waals surface area contributed by atoms with Gasteiger partial charge in [0.1, 0.15) is 5.82 Å². The van der Waals surface area contributed by atoms with Crippen LogP contribution in [0.5, 0.6) is 0 Å². The summed E-state index contributed by atoms with van der Waals surface area (Å²) in [5.74, 6) is -3.97. The molecule has 0 unspecified atom stereocenters. The van der Waals surface area contributed by atoms with E-state index in [1.54, 1.807) is 0 Å². The van der Waals surface area contributed by atoms with E-state index in [1.165, 1.54) is 0 Å². The van der Waals surface area contributed by atoms with Crippen LogP contribution in [0.3, 0.4) is 0 Å². The van der Waals surface area contributed by atoms with Gasteiger partial charge < -0.3 is 0 Å². The number of hydrogen-bond donors (Lipinski definition) is 0. The van der Waals surface area contributed by atoms with Gasteiger partial charge in [-0.05, 0) is 42.5 Å². The van der Waals surface area contributed by atoms with Crippen molar-refractivity contribution in [2.45, 2.75) is 29.9 Å². The van der Waals surface area contributed by atoms with E-state index in [4.69, 9.17) is 0 Å². The van der Waals surface area contributed by atoms with Crippen LogP contribution in [-0.4, -0.2) is 14.2 Å². The van der Waals surface area contributed by atoms with Crippen LogP contribution >= 0.6 is 0 Å². The van der Waals surface area contributed by atoms with E-state index in [1.807, 2.05) is 0 Å². The quantitative estimate of drug-likeness (QED) is 0.755. The molecule has 1 aliphatic rings. The second-order valence-corrected chi connectivity index (χ2v) is 5.55. The molecular formula is C10H9F3O2S. The van der Waals surface area contributed by atoms with Crippen LogP contribution in [0.25, 0.3) is 0 Å². The van der Waals surface area contributed by atoms with Gasteiger partial charge >= 0.3 is 5.76 Å². The molecular weight excluding hydrogens is 241 g/mol. The average molecular weight is 250 g/mol. The first kappa shape index (κ1) is 11.4. The van der Waals surface area contributed by atoms with Crippen LogP contribution in [-0.2, 0) is 22.7 Å². The third kappa shape index (κ3) is 1.61. The molecule has 0 saturated carbocycles. The number of sulfone groups is 1. The van der Waals surface area contributed by atoms with Gasteiger partial charge in [0.15, 0.2) is 0 Å². The molecule has 88 valence electrons. The Morgan fingerprint density at radius 3 is 2.38 bits per heavy atom. The van der Waals surface area contributed by atoms with Crippen molar-refractivity contribution in [1.29, 1.82) is 0 Å². The Hall–Kier alpha value is -1.04. The maximum absolute atomic E-state index is 13.3. The third-order valence-corrected chi connectivity index (χ3v) is 4.19. The van der Waals surface area contributed by atoms with Crippen molar-refractivity contribution in [3.05, 3.63) is 29.1 Å². The number of rotatable bonds is 2. The van der Waals surface area contributed by atoms with Crippen LogP contribution in [0.4, 0.5) is 13.2 Å². The predicted molar refractivity (Wildman–Crippen MR) is 51.6 cm³/mol. The summed E-state index contributed by atoms with van der Waals surface area (Å²) in [4.78, 5) is -0.420. The highest BCUT2D eigenvalue weighted by Gasteiger charge is 2.32. The zero-order chi connectivity index (χ0) is 11.9. The van der Waals surface area contributed by atoms with Crippen molar-refractivity contribution in [2.75, 3.05) is 0 Å². The first-order valence-electron chi connectivity index (χ1n) is 4.77. The number of fused-ring (bicyclic) bond motifs is 1. The molecule has 0 aromatic heterocycles. The molecule has 0 fully saturated rings. The van der Waals surface area contributed by atoms with Crippen LogP contribution < -0.4 is 0 Å². The summed E-state index contributed by atoms with van der Waals surface area (Å²) < 4.78 is 60.7. The lowest BCUT2D eigenvalue weighted by Crippen LogP contribution is -2.14. The molecule has 2 rings (SSSR count). The molecule has 0 N–H and O–H groups in total. The Bertz CT molecular complexity index is 523. The zero-order valence-electron chi connectivity index (χ0n) is 8.21. The molecule has 2 nitrogen and oxygen atoms in total. The van der Waals surface area contributed by atoms with E-state index in [-0.39, 0.29) is 11.1 Å². The minimum absolute atomic E-state index is 0.223. The number of alkyl halides is 2. The Labute approximate surface area is 91.0 Å². The largest absolute Gasteiger partial charge is 0.341 e. The molecule has 16 heavy (non-hydrogen) atoms. The smallest absolute Gasteiger partial charge is 0.218 e. The SMILES string of the molecule is O=S(=O)(c1ccc(F)c2c1CCC2)C(F)F. The molecule has 1 aromatic carbocycles. The molecule has 0 heterocycles.